The van der Waals surface area contributed by atoms with E-state index in [0.717, 1.165) is 15.6 Å². The Labute approximate surface area is 113 Å². The van der Waals surface area contributed by atoms with E-state index >= 15 is 0 Å². The quantitative estimate of drug-likeness (QED) is 0.907. The first kappa shape index (κ1) is 13.2. The number of aliphatic hydroxyl groups is 1. The molecule has 0 aliphatic heterocycles. The fourth-order valence-corrected chi connectivity index (χ4v) is 2.16. The van der Waals surface area contributed by atoms with Crippen LogP contribution in [0.25, 0.3) is 11.4 Å². The van der Waals surface area contributed by atoms with Crippen LogP contribution < -0.4 is 5.73 Å². The molecule has 6 heteroatoms. The van der Waals surface area contributed by atoms with Gasteiger partial charge in [-0.1, -0.05) is 27.2 Å². The molecule has 0 spiro atoms. The van der Waals surface area contributed by atoms with Gasteiger partial charge >= 0.3 is 0 Å². The minimum absolute atomic E-state index is 0.229. The van der Waals surface area contributed by atoms with Crippen molar-refractivity contribution in [2.45, 2.75) is 26.0 Å². The lowest BCUT2D eigenvalue weighted by molar-refractivity contribution is 0.146. The summed E-state index contributed by atoms with van der Waals surface area (Å²) in [6.45, 7) is 3.58. The Balaban J connectivity index is 2.35. The number of aromatic nitrogens is 2. The highest BCUT2D eigenvalue weighted by molar-refractivity contribution is 9.10. The lowest BCUT2D eigenvalue weighted by Gasteiger charge is -2.08. The van der Waals surface area contributed by atoms with Crippen molar-refractivity contribution >= 4 is 15.9 Å². The van der Waals surface area contributed by atoms with Crippen LogP contribution in [0.2, 0.25) is 0 Å². The number of nitrogens with two attached hydrogens (primary N) is 1. The Kier molecular flexibility index (Phi) is 3.79. The fourth-order valence-electron chi connectivity index (χ4n) is 1.49. The highest BCUT2D eigenvalue weighted by atomic mass is 79.9. The standard InChI is InChI=1S/C12H14BrN3O2/c1-6-3-4-8(9(13)5-6)11-15-12(18-16-11)10(14)7(2)17/h3-5,7,10,17H,14H2,1-2H3. The predicted octanol–water partition coefficient (Wildman–Crippen LogP) is 2.19. The summed E-state index contributed by atoms with van der Waals surface area (Å²) in [6, 6.07) is 5.17. The molecular formula is C12H14BrN3O2. The molecule has 0 amide bonds. The minimum Gasteiger partial charge on any atom is -0.391 e. The van der Waals surface area contributed by atoms with E-state index in [-0.39, 0.29) is 5.89 Å². The first-order chi connectivity index (χ1) is 8.49. The maximum atomic E-state index is 9.38. The zero-order chi connectivity index (χ0) is 13.3. The molecule has 18 heavy (non-hydrogen) atoms. The molecule has 96 valence electrons. The highest BCUT2D eigenvalue weighted by Crippen LogP contribution is 2.27. The Morgan fingerprint density at radius 1 is 1.44 bits per heavy atom. The van der Waals surface area contributed by atoms with Crippen LogP contribution in [0.15, 0.2) is 27.2 Å². The van der Waals surface area contributed by atoms with Crippen LogP contribution >= 0.6 is 15.9 Å². The number of hydrogen-bond acceptors (Lipinski definition) is 5. The van der Waals surface area contributed by atoms with Crippen LogP contribution in [0.3, 0.4) is 0 Å². The second kappa shape index (κ2) is 5.17. The van der Waals surface area contributed by atoms with Crippen LogP contribution in [-0.4, -0.2) is 21.4 Å². The van der Waals surface area contributed by atoms with Crippen LogP contribution in [0.5, 0.6) is 0 Å². The van der Waals surface area contributed by atoms with Gasteiger partial charge in [0.25, 0.3) is 0 Å². The number of halogens is 1. The van der Waals surface area contributed by atoms with Crippen molar-refractivity contribution in [3.63, 3.8) is 0 Å². The van der Waals surface area contributed by atoms with Crippen molar-refractivity contribution in [1.82, 2.24) is 10.1 Å². The molecule has 2 unspecified atom stereocenters. The number of aliphatic hydroxyl groups excluding tert-OH is 1. The van der Waals surface area contributed by atoms with Crippen LogP contribution in [0, 0.1) is 6.92 Å². The maximum absolute atomic E-state index is 9.38. The molecule has 0 bridgehead atoms. The van der Waals surface area contributed by atoms with Crippen molar-refractivity contribution in [2.75, 3.05) is 0 Å². The van der Waals surface area contributed by atoms with Gasteiger partial charge < -0.3 is 15.4 Å². The lowest BCUT2D eigenvalue weighted by Crippen LogP contribution is -2.23. The number of nitrogens with zero attached hydrogens (tertiary/aromatic N) is 2. The molecule has 3 N–H and O–H groups in total. The summed E-state index contributed by atoms with van der Waals surface area (Å²) in [7, 11) is 0. The first-order valence-electron chi connectivity index (χ1n) is 5.53. The molecule has 2 atom stereocenters. The van der Waals surface area contributed by atoms with Gasteiger partial charge in [0.15, 0.2) is 0 Å². The Hall–Kier alpha value is -1.24. The van der Waals surface area contributed by atoms with Gasteiger partial charge in [0.2, 0.25) is 11.7 Å². The molecule has 2 rings (SSSR count). The van der Waals surface area contributed by atoms with Crippen LogP contribution in [-0.2, 0) is 0 Å². The summed E-state index contributed by atoms with van der Waals surface area (Å²) in [6.07, 6.45) is -0.736. The van der Waals surface area contributed by atoms with Gasteiger partial charge in [-0.25, -0.2) is 0 Å². The molecular weight excluding hydrogens is 298 g/mol. The summed E-state index contributed by atoms with van der Waals surface area (Å²) < 4.78 is 5.95. The third kappa shape index (κ3) is 2.60. The smallest absolute Gasteiger partial charge is 0.246 e. The molecule has 0 fully saturated rings. The third-order valence-corrected chi connectivity index (χ3v) is 3.27. The van der Waals surface area contributed by atoms with Crippen molar-refractivity contribution in [3.05, 3.63) is 34.1 Å². The van der Waals surface area contributed by atoms with Gasteiger partial charge in [-0.3, -0.25) is 0 Å². The van der Waals surface area contributed by atoms with Crippen LogP contribution in [0.1, 0.15) is 24.4 Å². The normalized spacial score (nSPS) is 14.5. The summed E-state index contributed by atoms with van der Waals surface area (Å²) in [5, 5.41) is 13.3. The minimum atomic E-state index is -0.736. The monoisotopic (exact) mass is 311 g/mol. The second-order valence-electron chi connectivity index (χ2n) is 4.21. The first-order valence-corrected chi connectivity index (χ1v) is 6.32. The van der Waals surface area contributed by atoms with Gasteiger partial charge in [0.05, 0.1) is 6.10 Å². The summed E-state index contributed by atoms with van der Waals surface area (Å²) in [4.78, 5) is 4.20. The van der Waals surface area contributed by atoms with E-state index < -0.39 is 12.1 Å². The van der Waals surface area contributed by atoms with Gasteiger partial charge in [-0.15, -0.1) is 0 Å². The Bertz CT molecular complexity index is 554. The number of hydrogen-bond donors (Lipinski definition) is 2. The van der Waals surface area contributed by atoms with E-state index in [0.29, 0.717) is 5.82 Å². The molecule has 0 radical (unpaired) electrons. The Morgan fingerprint density at radius 2 is 2.17 bits per heavy atom. The molecule has 0 saturated carbocycles. The average molecular weight is 312 g/mol. The van der Waals surface area contributed by atoms with Gasteiger partial charge in [-0.2, -0.15) is 4.98 Å². The van der Waals surface area contributed by atoms with E-state index in [4.69, 9.17) is 10.3 Å². The van der Waals surface area contributed by atoms with E-state index in [2.05, 4.69) is 26.1 Å². The van der Waals surface area contributed by atoms with Gasteiger partial charge in [-0.05, 0) is 31.5 Å². The highest BCUT2D eigenvalue weighted by Gasteiger charge is 2.20. The molecule has 1 aromatic heterocycles. The van der Waals surface area contributed by atoms with Crippen molar-refractivity contribution < 1.29 is 9.63 Å². The molecule has 0 aliphatic carbocycles. The number of aryl methyl sites for hydroxylation is 1. The molecule has 1 aromatic carbocycles. The maximum Gasteiger partial charge on any atom is 0.246 e. The molecule has 2 aromatic rings. The Morgan fingerprint density at radius 3 is 2.78 bits per heavy atom. The average Bonchev–Trinajstić information content (AvgIpc) is 2.77. The third-order valence-electron chi connectivity index (χ3n) is 2.61. The summed E-state index contributed by atoms with van der Waals surface area (Å²) in [5.41, 5.74) is 7.69. The van der Waals surface area contributed by atoms with E-state index in [1.54, 1.807) is 6.92 Å². The molecule has 0 aliphatic rings. The predicted molar refractivity (Wildman–Crippen MR) is 70.8 cm³/mol. The van der Waals surface area contributed by atoms with Crippen molar-refractivity contribution in [3.8, 4) is 11.4 Å². The SMILES string of the molecule is Cc1ccc(-c2noc(C(N)C(C)O)n2)c(Br)c1. The van der Waals surface area contributed by atoms with Crippen molar-refractivity contribution in [1.29, 1.82) is 0 Å². The summed E-state index contributed by atoms with van der Waals surface area (Å²) in [5.74, 6) is 0.681. The topological polar surface area (TPSA) is 85.2 Å². The largest absolute Gasteiger partial charge is 0.391 e. The van der Waals surface area contributed by atoms with E-state index in [1.807, 2.05) is 25.1 Å². The molecule has 0 saturated heterocycles. The lowest BCUT2D eigenvalue weighted by atomic mass is 10.1. The van der Waals surface area contributed by atoms with Gasteiger partial charge in [0, 0.05) is 10.0 Å². The molecule has 5 nitrogen and oxygen atoms in total. The van der Waals surface area contributed by atoms with Crippen molar-refractivity contribution in [2.24, 2.45) is 5.73 Å². The number of rotatable bonds is 3. The summed E-state index contributed by atoms with van der Waals surface area (Å²) >= 11 is 3.46. The zero-order valence-corrected chi connectivity index (χ0v) is 11.7. The van der Waals surface area contributed by atoms with Gasteiger partial charge in [0.1, 0.15) is 6.04 Å². The molecule has 1 heterocycles. The second-order valence-corrected chi connectivity index (χ2v) is 5.06. The van der Waals surface area contributed by atoms with E-state index in [1.165, 1.54) is 0 Å². The number of benzene rings is 1. The van der Waals surface area contributed by atoms with E-state index in [9.17, 15) is 5.11 Å². The van der Waals surface area contributed by atoms with Crippen LogP contribution in [0.4, 0.5) is 0 Å². The fraction of sp³-hybridized carbons (Fsp3) is 0.333. The zero-order valence-electron chi connectivity index (χ0n) is 10.1.